The minimum absolute atomic E-state index is 0.605. The van der Waals surface area contributed by atoms with Crippen molar-refractivity contribution in [3.8, 4) is 5.75 Å². The Balaban J connectivity index is 1.85. The molecule has 0 atom stereocenters. The monoisotopic (exact) mass is 355 g/mol. The highest BCUT2D eigenvalue weighted by atomic mass is 79.9. The van der Waals surface area contributed by atoms with Gasteiger partial charge in [0.25, 0.3) is 0 Å². The van der Waals surface area contributed by atoms with Gasteiger partial charge in [-0.1, -0.05) is 6.07 Å². The highest BCUT2D eigenvalue weighted by Crippen LogP contribution is 2.27. The van der Waals surface area contributed by atoms with Crippen LogP contribution < -0.4 is 10.1 Å². The Kier molecular flexibility index (Phi) is 6.53. The van der Waals surface area contributed by atoms with Crippen molar-refractivity contribution in [1.29, 1.82) is 0 Å². The third-order valence-corrected chi connectivity index (χ3v) is 4.13. The summed E-state index contributed by atoms with van der Waals surface area (Å²) < 4.78 is 11.8. The number of thiophene rings is 1. The Morgan fingerprint density at radius 3 is 2.85 bits per heavy atom. The lowest BCUT2D eigenvalue weighted by atomic mass is 10.2. The van der Waals surface area contributed by atoms with Crippen molar-refractivity contribution < 1.29 is 9.47 Å². The number of nitrogens with one attached hydrogen (secondary N) is 1. The number of methoxy groups -OCH3 is 1. The summed E-state index contributed by atoms with van der Waals surface area (Å²) in [5.74, 6) is 0.872. The molecular weight excluding hydrogens is 338 g/mol. The van der Waals surface area contributed by atoms with Crippen molar-refractivity contribution in [2.45, 2.75) is 13.2 Å². The van der Waals surface area contributed by atoms with Gasteiger partial charge < -0.3 is 14.8 Å². The molecule has 0 saturated heterocycles. The van der Waals surface area contributed by atoms with Crippen LogP contribution in [0, 0.1) is 0 Å². The van der Waals surface area contributed by atoms with E-state index in [0.29, 0.717) is 6.61 Å². The molecule has 0 bridgehead atoms. The molecule has 0 aliphatic carbocycles. The molecule has 1 aromatic heterocycles. The first-order valence-electron chi connectivity index (χ1n) is 6.41. The van der Waals surface area contributed by atoms with Crippen LogP contribution in [-0.4, -0.2) is 20.3 Å². The first kappa shape index (κ1) is 15.5. The van der Waals surface area contributed by atoms with Gasteiger partial charge in [-0.3, -0.25) is 0 Å². The highest BCUT2D eigenvalue weighted by molar-refractivity contribution is 9.10. The lowest BCUT2D eigenvalue weighted by Crippen LogP contribution is -2.18. The molecule has 1 N–H and O–H groups in total. The van der Waals surface area contributed by atoms with Crippen molar-refractivity contribution in [2.24, 2.45) is 0 Å². The van der Waals surface area contributed by atoms with Gasteiger partial charge >= 0.3 is 0 Å². The Bertz CT molecular complexity index is 517. The average Bonchev–Trinajstić information content (AvgIpc) is 2.96. The number of halogens is 1. The van der Waals surface area contributed by atoms with Crippen LogP contribution in [0.4, 0.5) is 0 Å². The molecule has 0 unspecified atom stereocenters. The Labute approximate surface area is 132 Å². The van der Waals surface area contributed by atoms with Gasteiger partial charge in [-0.25, -0.2) is 0 Å². The summed E-state index contributed by atoms with van der Waals surface area (Å²) in [5.41, 5.74) is 2.42. The minimum Gasteiger partial charge on any atom is -0.488 e. The van der Waals surface area contributed by atoms with Crippen LogP contribution >= 0.6 is 27.3 Å². The van der Waals surface area contributed by atoms with Crippen LogP contribution in [0.25, 0.3) is 0 Å². The van der Waals surface area contributed by atoms with Crippen molar-refractivity contribution in [1.82, 2.24) is 5.32 Å². The first-order chi connectivity index (χ1) is 9.79. The summed E-state index contributed by atoms with van der Waals surface area (Å²) in [7, 11) is 1.71. The zero-order valence-corrected chi connectivity index (χ0v) is 13.8. The van der Waals surface area contributed by atoms with Crippen LogP contribution in [0.5, 0.6) is 5.75 Å². The summed E-state index contributed by atoms with van der Waals surface area (Å²) in [5, 5.41) is 7.48. The Morgan fingerprint density at radius 2 is 2.15 bits per heavy atom. The highest BCUT2D eigenvalue weighted by Gasteiger charge is 2.03. The fraction of sp³-hybridized carbons (Fsp3) is 0.333. The second-order valence-corrected chi connectivity index (χ2v) is 5.99. The number of rotatable bonds is 8. The molecule has 2 aromatic rings. The molecule has 108 valence electrons. The van der Waals surface area contributed by atoms with E-state index in [-0.39, 0.29) is 0 Å². The summed E-state index contributed by atoms with van der Waals surface area (Å²) in [4.78, 5) is 0. The summed E-state index contributed by atoms with van der Waals surface area (Å²) >= 11 is 5.24. The predicted molar refractivity (Wildman–Crippen MR) is 86.4 cm³/mol. The van der Waals surface area contributed by atoms with Crippen LogP contribution in [0.15, 0.2) is 39.5 Å². The maximum absolute atomic E-state index is 5.80. The second kappa shape index (κ2) is 8.42. The molecule has 0 saturated carbocycles. The van der Waals surface area contributed by atoms with E-state index in [4.69, 9.17) is 9.47 Å². The van der Waals surface area contributed by atoms with Gasteiger partial charge in [0.1, 0.15) is 12.4 Å². The maximum Gasteiger partial charge on any atom is 0.134 e. The van der Waals surface area contributed by atoms with E-state index in [2.05, 4.69) is 50.2 Å². The van der Waals surface area contributed by atoms with Crippen molar-refractivity contribution in [3.63, 3.8) is 0 Å². The molecule has 1 heterocycles. The third kappa shape index (κ3) is 4.90. The van der Waals surface area contributed by atoms with E-state index < -0.39 is 0 Å². The van der Waals surface area contributed by atoms with E-state index in [1.54, 1.807) is 18.4 Å². The van der Waals surface area contributed by atoms with Gasteiger partial charge in [0, 0.05) is 20.2 Å². The van der Waals surface area contributed by atoms with Gasteiger partial charge in [0.05, 0.1) is 11.1 Å². The molecule has 0 spiro atoms. The van der Waals surface area contributed by atoms with Gasteiger partial charge in [0.2, 0.25) is 0 Å². The SMILES string of the molecule is COCCNCc1ccc(OCc2ccsc2)c(Br)c1. The standard InChI is InChI=1S/C15H18BrNO2S/c1-18-6-5-17-9-12-2-3-15(14(16)8-12)19-10-13-4-7-20-11-13/h2-4,7-8,11,17H,5-6,9-10H2,1H3. The van der Waals surface area contributed by atoms with Crippen LogP contribution in [0.3, 0.4) is 0 Å². The summed E-state index contributed by atoms with van der Waals surface area (Å²) in [6, 6.07) is 8.24. The Morgan fingerprint density at radius 1 is 1.25 bits per heavy atom. The molecule has 1 aromatic carbocycles. The molecular formula is C15H18BrNO2S. The van der Waals surface area contributed by atoms with E-state index in [9.17, 15) is 0 Å². The average molecular weight is 356 g/mol. The van der Waals surface area contributed by atoms with Crippen LogP contribution in [0.2, 0.25) is 0 Å². The minimum atomic E-state index is 0.605. The zero-order valence-electron chi connectivity index (χ0n) is 11.4. The smallest absolute Gasteiger partial charge is 0.134 e. The Hall–Kier alpha value is -0.880. The van der Waals surface area contributed by atoms with E-state index in [1.807, 2.05) is 6.07 Å². The number of benzene rings is 1. The van der Waals surface area contributed by atoms with Crippen molar-refractivity contribution in [2.75, 3.05) is 20.3 Å². The maximum atomic E-state index is 5.80. The number of hydrogen-bond acceptors (Lipinski definition) is 4. The fourth-order valence-electron chi connectivity index (χ4n) is 1.71. The van der Waals surface area contributed by atoms with Crippen LogP contribution in [-0.2, 0) is 17.9 Å². The van der Waals surface area contributed by atoms with Crippen LogP contribution in [0.1, 0.15) is 11.1 Å². The topological polar surface area (TPSA) is 30.5 Å². The molecule has 20 heavy (non-hydrogen) atoms. The molecule has 0 aliphatic heterocycles. The van der Waals surface area contributed by atoms with Crippen molar-refractivity contribution >= 4 is 27.3 Å². The van der Waals surface area contributed by atoms with Gasteiger partial charge in [0.15, 0.2) is 0 Å². The largest absolute Gasteiger partial charge is 0.488 e. The molecule has 0 amide bonds. The molecule has 0 aliphatic rings. The lowest BCUT2D eigenvalue weighted by molar-refractivity contribution is 0.199. The fourth-order valence-corrected chi connectivity index (χ4v) is 2.91. The van der Waals surface area contributed by atoms with Gasteiger partial charge in [-0.15, -0.1) is 0 Å². The first-order valence-corrected chi connectivity index (χ1v) is 8.15. The lowest BCUT2D eigenvalue weighted by Gasteiger charge is -2.10. The quantitative estimate of drug-likeness (QED) is 0.730. The summed E-state index contributed by atoms with van der Waals surface area (Å²) in [6.45, 7) is 3.01. The second-order valence-electron chi connectivity index (χ2n) is 4.35. The van der Waals surface area contributed by atoms with Gasteiger partial charge in [-0.2, -0.15) is 11.3 Å². The number of hydrogen-bond donors (Lipinski definition) is 1. The third-order valence-electron chi connectivity index (χ3n) is 2.78. The molecule has 0 fully saturated rings. The molecule has 0 radical (unpaired) electrons. The number of ether oxygens (including phenoxy) is 2. The molecule has 2 rings (SSSR count). The molecule has 3 nitrogen and oxygen atoms in total. The predicted octanol–water partition coefficient (Wildman–Crippen LogP) is 3.83. The van der Waals surface area contributed by atoms with E-state index in [1.165, 1.54) is 11.1 Å². The van der Waals surface area contributed by atoms with E-state index in [0.717, 1.165) is 29.9 Å². The molecule has 5 heteroatoms. The van der Waals surface area contributed by atoms with E-state index >= 15 is 0 Å². The zero-order chi connectivity index (χ0) is 14.2. The van der Waals surface area contributed by atoms with Gasteiger partial charge in [-0.05, 0) is 56.0 Å². The normalized spacial score (nSPS) is 10.7. The summed E-state index contributed by atoms with van der Waals surface area (Å²) in [6.07, 6.45) is 0. The van der Waals surface area contributed by atoms with Crippen molar-refractivity contribution in [3.05, 3.63) is 50.6 Å².